The molecule has 0 heterocycles. The van der Waals surface area contributed by atoms with Crippen LogP contribution < -0.4 is 5.32 Å². The van der Waals surface area contributed by atoms with E-state index in [1.54, 1.807) is 6.07 Å². The lowest BCUT2D eigenvalue weighted by Crippen LogP contribution is -2.26. The van der Waals surface area contributed by atoms with Crippen LogP contribution in [0.4, 0.5) is 4.39 Å². The Bertz CT molecular complexity index is 1430. The van der Waals surface area contributed by atoms with Crippen molar-refractivity contribution in [3.05, 3.63) is 118 Å². The normalized spacial score (nSPS) is 17.8. The Morgan fingerprint density at radius 2 is 1.78 bits per heavy atom. The van der Waals surface area contributed by atoms with Gasteiger partial charge in [0, 0.05) is 17.3 Å². The highest BCUT2D eigenvalue weighted by molar-refractivity contribution is 5.91. The Hall–Kier alpha value is -3.50. The molecular weight excluding hydrogens is 461 g/mol. The van der Waals surface area contributed by atoms with Crippen LogP contribution in [0.2, 0.25) is 0 Å². The second kappa shape index (κ2) is 10.9. The Morgan fingerprint density at radius 1 is 1.03 bits per heavy atom. The molecule has 3 nitrogen and oxygen atoms in total. The minimum absolute atomic E-state index is 0.122. The second-order valence-corrected chi connectivity index (χ2v) is 10.3. The maximum atomic E-state index is 14.3. The number of fused-ring (bicyclic) bond motifs is 2. The molecule has 0 saturated carbocycles. The molecule has 3 unspecified atom stereocenters. The monoisotopic (exact) mass is 495 g/mol. The molecule has 4 heteroatoms. The quantitative estimate of drug-likeness (QED) is 0.270. The van der Waals surface area contributed by atoms with Crippen molar-refractivity contribution < 1.29 is 13.9 Å². The van der Waals surface area contributed by atoms with E-state index in [0.717, 1.165) is 42.3 Å². The van der Waals surface area contributed by atoms with E-state index in [0.29, 0.717) is 16.9 Å². The number of aryl methyl sites for hydroxylation is 1. The lowest BCUT2D eigenvalue weighted by Gasteiger charge is -2.33. The number of rotatable bonds is 7. The lowest BCUT2D eigenvalue weighted by atomic mass is 9.72. The van der Waals surface area contributed by atoms with Crippen molar-refractivity contribution in [1.82, 2.24) is 5.32 Å². The molecule has 0 aromatic heterocycles. The minimum atomic E-state index is -0.286. The van der Waals surface area contributed by atoms with E-state index >= 15 is 0 Å². The first-order valence-electron chi connectivity index (χ1n) is 13.1. The first kappa shape index (κ1) is 25.2. The topological polar surface area (TPSA) is 38.3 Å². The van der Waals surface area contributed by atoms with Crippen LogP contribution in [-0.2, 0) is 11.2 Å². The highest BCUT2D eigenvalue weighted by atomic mass is 19.1. The zero-order valence-corrected chi connectivity index (χ0v) is 21.8. The van der Waals surface area contributed by atoms with Gasteiger partial charge < -0.3 is 10.1 Å². The van der Waals surface area contributed by atoms with Crippen molar-refractivity contribution >= 4 is 16.7 Å². The summed E-state index contributed by atoms with van der Waals surface area (Å²) < 4.78 is 19.3. The number of methoxy groups -OCH3 is 1. The van der Waals surface area contributed by atoms with Gasteiger partial charge in [-0.25, -0.2) is 9.18 Å². The number of hydrogen-bond donors (Lipinski definition) is 1. The van der Waals surface area contributed by atoms with Gasteiger partial charge in [0.25, 0.3) is 0 Å². The van der Waals surface area contributed by atoms with Crippen LogP contribution in [0.1, 0.15) is 69.9 Å². The van der Waals surface area contributed by atoms with Gasteiger partial charge >= 0.3 is 5.97 Å². The van der Waals surface area contributed by atoms with Gasteiger partial charge in [0.05, 0.1) is 12.7 Å². The molecule has 1 aliphatic rings. The van der Waals surface area contributed by atoms with Gasteiger partial charge in [0.15, 0.2) is 0 Å². The molecule has 0 saturated heterocycles. The predicted octanol–water partition coefficient (Wildman–Crippen LogP) is 7.51. The third kappa shape index (κ3) is 5.17. The minimum Gasteiger partial charge on any atom is -0.465 e. The van der Waals surface area contributed by atoms with E-state index in [2.05, 4.69) is 42.6 Å². The lowest BCUT2D eigenvalue weighted by molar-refractivity contribution is 0.0599. The summed E-state index contributed by atoms with van der Waals surface area (Å²) in [5.74, 6) is 0.307. The molecule has 37 heavy (non-hydrogen) atoms. The molecule has 4 aromatic rings. The molecule has 0 bridgehead atoms. The van der Waals surface area contributed by atoms with E-state index in [1.165, 1.54) is 23.8 Å². The van der Waals surface area contributed by atoms with Crippen molar-refractivity contribution in [2.75, 3.05) is 13.7 Å². The molecule has 0 fully saturated rings. The van der Waals surface area contributed by atoms with Crippen molar-refractivity contribution in [3.63, 3.8) is 0 Å². The number of carbonyl (C=O) groups is 1. The van der Waals surface area contributed by atoms with Crippen LogP contribution in [0, 0.1) is 18.7 Å². The predicted molar refractivity (Wildman–Crippen MR) is 148 cm³/mol. The standard InChI is InChI=1S/C33H34FNO2/c1-21-12-13-25(20-30(21)33(36)37-3)31-19-23(18-24-8-4-5-9-27(24)31)16-17-35-22(2)26-14-15-32(34)29-11-7-6-10-28(26)29/h4-15,20,22-23,31,35H,16-19H2,1-3H3. The van der Waals surface area contributed by atoms with Crippen molar-refractivity contribution in [2.24, 2.45) is 5.92 Å². The van der Waals surface area contributed by atoms with Gasteiger partial charge in [0.1, 0.15) is 5.82 Å². The summed E-state index contributed by atoms with van der Waals surface area (Å²) in [5.41, 5.74) is 6.62. The summed E-state index contributed by atoms with van der Waals surface area (Å²) in [4.78, 5) is 12.4. The fraction of sp³-hybridized carbons (Fsp3) is 0.303. The van der Waals surface area contributed by atoms with Crippen LogP contribution in [-0.4, -0.2) is 19.6 Å². The summed E-state index contributed by atoms with van der Waals surface area (Å²) in [6.07, 6.45) is 3.14. The number of halogens is 1. The summed E-state index contributed by atoms with van der Waals surface area (Å²) in [6, 6.07) is 26.2. The summed E-state index contributed by atoms with van der Waals surface area (Å²) in [7, 11) is 1.43. The molecule has 0 aliphatic heterocycles. The number of hydrogen-bond acceptors (Lipinski definition) is 3. The van der Waals surface area contributed by atoms with Crippen LogP contribution >= 0.6 is 0 Å². The Morgan fingerprint density at radius 3 is 2.59 bits per heavy atom. The molecule has 4 aromatic carbocycles. The maximum absolute atomic E-state index is 14.3. The van der Waals surface area contributed by atoms with Gasteiger partial charge in [-0.15, -0.1) is 0 Å². The van der Waals surface area contributed by atoms with Gasteiger partial charge in [-0.05, 0) is 90.9 Å². The van der Waals surface area contributed by atoms with E-state index < -0.39 is 0 Å². The maximum Gasteiger partial charge on any atom is 0.338 e. The molecule has 5 rings (SSSR count). The molecule has 3 atom stereocenters. The Balaban J connectivity index is 1.32. The van der Waals surface area contributed by atoms with Crippen LogP contribution in [0.25, 0.3) is 10.8 Å². The third-order valence-corrected chi connectivity index (χ3v) is 7.95. The van der Waals surface area contributed by atoms with Gasteiger partial charge in [0.2, 0.25) is 0 Å². The summed E-state index contributed by atoms with van der Waals surface area (Å²) in [6.45, 7) is 4.98. The Labute approximate surface area is 218 Å². The molecule has 1 aliphatic carbocycles. The average Bonchev–Trinajstić information content (AvgIpc) is 2.93. The van der Waals surface area contributed by atoms with E-state index in [4.69, 9.17) is 4.74 Å². The number of esters is 1. The Kier molecular flexibility index (Phi) is 7.38. The highest BCUT2D eigenvalue weighted by Gasteiger charge is 2.28. The molecule has 190 valence electrons. The third-order valence-electron chi connectivity index (χ3n) is 7.95. The van der Waals surface area contributed by atoms with Crippen molar-refractivity contribution in [2.45, 2.75) is 45.1 Å². The number of benzene rings is 4. The van der Waals surface area contributed by atoms with Gasteiger partial charge in [-0.1, -0.05) is 66.7 Å². The van der Waals surface area contributed by atoms with Gasteiger partial charge in [-0.3, -0.25) is 0 Å². The number of nitrogens with one attached hydrogen (secondary N) is 1. The molecule has 0 radical (unpaired) electrons. The van der Waals surface area contributed by atoms with Crippen LogP contribution in [0.15, 0.2) is 78.9 Å². The SMILES string of the molecule is COC(=O)c1cc(C2CC(CCNC(C)c3ccc(F)c4ccccc34)Cc3ccccc32)ccc1C. The van der Waals surface area contributed by atoms with Crippen molar-refractivity contribution in [3.8, 4) is 0 Å². The van der Waals surface area contributed by atoms with E-state index in [9.17, 15) is 9.18 Å². The largest absolute Gasteiger partial charge is 0.465 e. The molecule has 0 spiro atoms. The summed E-state index contributed by atoms with van der Waals surface area (Å²) >= 11 is 0. The fourth-order valence-electron chi connectivity index (χ4n) is 5.91. The second-order valence-electron chi connectivity index (χ2n) is 10.3. The van der Waals surface area contributed by atoms with Crippen LogP contribution in [0.3, 0.4) is 0 Å². The zero-order chi connectivity index (χ0) is 25.9. The number of ether oxygens (including phenoxy) is 1. The molecular formula is C33H34FNO2. The average molecular weight is 496 g/mol. The zero-order valence-electron chi connectivity index (χ0n) is 21.8. The first-order valence-corrected chi connectivity index (χ1v) is 13.1. The smallest absolute Gasteiger partial charge is 0.338 e. The highest BCUT2D eigenvalue weighted by Crippen LogP contribution is 2.41. The van der Waals surface area contributed by atoms with Gasteiger partial charge in [-0.2, -0.15) is 0 Å². The van der Waals surface area contributed by atoms with E-state index in [-0.39, 0.29) is 23.7 Å². The van der Waals surface area contributed by atoms with Crippen molar-refractivity contribution in [1.29, 1.82) is 0 Å². The van der Waals surface area contributed by atoms with Crippen LogP contribution in [0.5, 0.6) is 0 Å². The number of carbonyl (C=O) groups excluding carboxylic acids is 1. The van der Waals surface area contributed by atoms with E-state index in [1.807, 2.05) is 49.4 Å². The molecule has 0 amide bonds. The first-order chi connectivity index (χ1) is 18.0. The molecule has 1 N–H and O–H groups in total. The fourth-order valence-corrected chi connectivity index (χ4v) is 5.91. The summed E-state index contributed by atoms with van der Waals surface area (Å²) in [5, 5.41) is 5.33.